The van der Waals surface area contributed by atoms with Crippen LogP contribution < -0.4 is 5.32 Å². The predicted octanol–water partition coefficient (Wildman–Crippen LogP) is 2.01. The molecule has 1 saturated heterocycles. The number of anilines is 1. The lowest BCUT2D eigenvalue weighted by molar-refractivity contribution is -0.157. The molecule has 0 atom stereocenters. The zero-order valence-electron chi connectivity index (χ0n) is 16.5. The molecule has 29 heavy (non-hydrogen) atoms. The quantitative estimate of drug-likeness (QED) is 0.601. The van der Waals surface area contributed by atoms with Crippen LogP contribution >= 0.6 is 0 Å². The maximum absolute atomic E-state index is 12.5. The van der Waals surface area contributed by atoms with Crippen LogP contribution in [0.15, 0.2) is 48.5 Å². The topological polar surface area (TPSA) is 86.8 Å². The first-order valence-corrected chi connectivity index (χ1v) is 9.38. The second-order valence-electron chi connectivity index (χ2n) is 7.07. The number of carbonyl (C=O) groups is 4. The smallest absolute Gasteiger partial charge is 0.312 e. The molecule has 1 N–H and O–H groups in total. The second-order valence-corrected chi connectivity index (χ2v) is 7.07. The van der Waals surface area contributed by atoms with E-state index in [0.29, 0.717) is 24.3 Å². The van der Waals surface area contributed by atoms with Gasteiger partial charge in [-0.3, -0.25) is 19.2 Å². The summed E-state index contributed by atoms with van der Waals surface area (Å²) in [6.07, 6.45) is 0. The van der Waals surface area contributed by atoms with Gasteiger partial charge in [0.15, 0.2) is 5.78 Å². The summed E-state index contributed by atoms with van der Waals surface area (Å²) in [6.45, 7) is 4.22. The minimum atomic E-state index is -0.683. The van der Waals surface area contributed by atoms with E-state index < -0.39 is 17.7 Å². The monoisotopic (exact) mass is 393 g/mol. The summed E-state index contributed by atoms with van der Waals surface area (Å²) < 4.78 is 0. The largest absolute Gasteiger partial charge is 0.328 e. The van der Waals surface area contributed by atoms with Crippen LogP contribution in [0.25, 0.3) is 0 Å². The maximum Gasteiger partial charge on any atom is 0.312 e. The number of hydrogen-bond acceptors (Lipinski definition) is 4. The Morgan fingerprint density at radius 2 is 1.66 bits per heavy atom. The number of aryl methyl sites for hydroxylation is 1. The molecule has 2 aromatic carbocycles. The number of Topliss-reactive ketones (excluding diaryl/α,β-unsaturated/α-hetero) is 1. The van der Waals surface area contributed by atoms with Crippen LogP contribution in [0, 0.1) is 6.92 Å². The van der Waals surface area contributed by atoms with Gasteiger partial charge < -0.3 is 15.1 Å². The fourth-order valence-corrected chi connectivity index (χ4v) is 3.20. The predicted molar refractivity (Wildman–Crippen MR) is 108 cm³/mol. The summed E-state index contributed by atoms with van der Waals surface area (Å²) in [5.74, 6) is -1.81. The summed E-state index contributed by atoms with van der Waals surface area (Å²) in [6, 6.07) is 14.3. The number of carbonyl (C=O) groups excluding carboxylic acids is 4. The molecule has 1 aliphatic heterocycles. The third kappa shape index (κ3) is 4.87. The lowest BCUT2D eigenvalue weighted by Gasteiger charge is -2.33. The van der Waals surface area contributed by atoms with Gasteiger partial charge in [-0.1, -0.05) is 36.4 Å². The minimum Gasteiger partial charge on any atom is -0.328 e. The molecule has 0 aromatic heterocycles. The Balaban J connectivity index is 1.59. The van der Waals surface area contributed by atoms with Gasteiger partial charge in [-0.05, 0) is 37.1 Å². The molecule has 150 valence electrons. The van der Waals surface area contributed by atoms with E-state index in [-0.39, 0.29) is 18.9 Å². The van der Waals surface area contributed by atoms with E-state index in [0.717, 1.165) is 11.1 Å². The van der Waals surface area contributed by atoms with Gasteiger partial charge in [0.25, 0.3) is 0 Å². The van der Waals surface area contributed by atoms with Crippen LogP contribution in [0.5, 0.6) is 0 Å². The molecule has 0 radical (unpaired) electrons. The van der Waals surface area contributed by atoms with Crippen molar-refractivity contribution in [2.24, 2.45) is 0 Å². The van der Waals surface area contributed by atoms with E-state index in [4.69, 9.17) is 0 Å². The maximum atomic E-state index is 12.5. The van der Waals surface area contributed by atoms with Gasteiger partial charge in [0.1, 0.15) is 6.54 Å². The first-order chi connectivity index (χ1) is 13.8. The highest BCUT2D eigenvalue weighted by Gasteiger charge is 2.33. The summed E-state index contributed by atoms with van der Waals surface area (Å²) in [4.78, 5) is 51.5. The summed E-state index contributed by atoms with van der Waals surface area (Å²) in [5.41, 5.74) is 3.01. The van der Waals surface area contributed by atoms with Gasteiger partial charge >= 0.3 is 11.8 Å². The van der Waals surface area contributed by atoms with E-state index in [9.17, 15) is 19.2 Å². The lowest BCUT2D eigenvalue weighted by atomic mass is 10.1. The second kappa shape index (κ2) is 8.68. The van der Waals surface area contributed by atoms with Crippen LogP contribution in [-0.2, 0) is 20.9 Å². The molecule has 1 aliphatic rings. The van der Waals surface area contributed by atoms with Crippen LogP contribution in [0.2, 0.25) is 0 Å². The van der Waals surface area contributed by atoms with Gasteiger partial charge in [0, 0.05) is 30.9 Å². The van der Waals surface area contributed by atoms with Crippen LogP contribution in [-0.4, -0.2) is 52.9 Å². The minimum absolute atomic E-state index is 0.105. The highest BCUT2D eigenvalue weighted by atomic mass is 16.2. The summed E-state index contributed by atoms with van der Waals surface area (Å²) in [5, 5.41) is 2.67. The van der Waals surface area contributed by atoms with E-state index >= 15 is 0 Å². The average molecular weight is 393 g/mol. The number of amides is 3. The van der Waals surface area contributed by atoms with Gasteiger partial charge in [-0.25, -0.2) is 0 Å². The Hall–Kier alpha value is -3.48. The Morgan fingerprint density at radius 1 is 0.966 bits per heavy atom. The fraction of sp³-hybridized carbons (Fsp3) is 0.273. The fourth-order valence-electron chi connectivity index (χ4n) is 3.20. The highest BCUT2D eigenvalue weighted by Crippen LogP contribution is 2.15. The number of ketones is 1. The van der Waals surface area contributed by atoms with Crippen LogP contribution in [0.4, 0.5) is 5.69 Å². The Bertz CT molecular complexity index is 970. The molecule has 0 spiro atoms. The van der Waals surface area contributed by atoms with E-state index in [2.05, 4.69) is 5.32 Å². The summed E-state index contributed by atoms with van der Waals surface area (Å²) in [7, 11) is 0. The molecule has 2 aromatic rings. The van der Waals surface area contributed by atoms with E-state index in [1.807, 2.05) is 31.2 Å². The molecular formula is C22H23N3O4. The standard InChI is InChI=1S/C22H23N3O4/c1-15-6-3-4-7-18(15)13-24-10-11-25(22(29)21(24)28)14-20(27)23-19-9-5-8-17(12-19)16(2)26/h3-9,12H,10-11,13-14H2,1-2H3,(H,23,27). The normalized spacial score (nSPS) is 14.1. The Kier molecular flexibility index (Phi) is 6.07. The van der Waals surface area contributed by atoms with Gasteiger partial charge in [-0.2, -0.15) is 0 Å². The molecule has 3 rings (SSSR count). The van der Waals surface area contributed by atoms with Crippen molar-refractivity contribution in [3.05, 3.63) is 65.2 Å². The number of nitrogens with zero attached hydrogens (tertiary/aromatic N) is 2. The molecule has 0 bridgehead atoms. The van der Waals surface area contributed by atoms with Crippen LogP contribution in [0.1, 0.15) is 28.4 Å². The summed E-state index contributed by atoms with van der Waals surface area (Å²) >= 11 is 0. The molecule has 7 heteroatoms. The van der Waals surface area contributed by atoms with Crippen molar-refractivity contribution in [3.8, 4) is 0 Å². The molecule has 0 aliphatic carbocycles. The molecule has 3 amide bonds. The first-order valence-electron chi connectivity index (χ1n) is 9.38. The molecular weight excluding hydrogens is 370 g/mol. The zero-order chi connectivity index (χ0) is 21.0. The van der Waals surface area contributed by atoms with Crippen molar-refractivity contribution in [1.82, 2.24) is 9.80 Å². The molecule has 0 unspecified atom stereocenters. The van der Waals surface area contributed by atoms with Gasteiger partial charge in [0.05, 0.1) is 0 Å². The van der Waals surface area contributed by atoms with Crippen molar-refractivity contribution < 1.29 is 19.2 Å². The SMILES string of the molecule is CC(=O)c1cccc(NC(=O)CN2CCN(Cc3ccccc3C)C(=O)C2=O)c1. The van der Waals surface area contributed by atoms with Crippen molar-refractivity contribution in [1.29, 1.82) is 0 Å². The van der Waals surface area contributed by atoms with Gasteiger partial charge in [0.2, 0.25) is 5.91 Å². The van der Waals surface area contributed by atoms with Crippen molar-refractivity contribution >= 4 is 29.2 Å². The highest BCUT2D eigenvalue weighted by molar-refractivity contribution is 6.35. The first kappa shape index (κ1) is 20.3. The van der Waals surface area contributed by atoms with E-state index in [1.54, 1.807) is 24.3 Å². The number of piperazine rings is 1. The number of rotatable bonds is 6. The third-order valence-electron chi connectivity index (χ3n) is 4.91. The molecule has 0 saturated carbocycles. The number of nitrogens with one attached hydrogen (secondary N) is 1. The van der Waals surface area contributed by atoms with Crippen LogP contribution in [0.3, 0.4) is 0 Å². The number of benzene rings is 2. The lowest BCUT2D eigenvalue weighted by Crippen LogP contribution is -2.55. The average Bonchev–Trinajstić information content (AvgIpc) is 2.69. The number of hydrogen-bond donors (Lipinski definition) is 1. The molecule has 1 heterocycles. The third-order valence-corrected chi connectivity index (χ3v) is 4.91. The Labute approximate surface area is 169 Å². The van der Waals surface area contributed by atoms with Crippen molar-refractivity contribution in [2.45, 2.75) is 20.4 Å². The van der Waals surface area contributed by atoms with Crippen molar-refractivity contribution in [2.75, 3.05) is 25.0 Å². The molecule has 7 nitrogen and oxygen atoms in total. The Morgan fingerprint density at radius 3 is 2.38 bits per heavy atom. The van der Waals surface area contributed by atoms with Gasteiger partial charge in [-0.15, -0.1) is 0 Å². The van der Waals surface area contributed by atoms with Crippen molar-refractivity contribution in [3.63, 3.8) is 0 Å². The van der Waals surface area contributed by atoms with E-state index in [1.165, 1.54) is 16.7 Å². The zero-order valence-corrected chi connectivity index (χ0v) is 16.5. The molecule has 1 fully saturated rings.